The van der Waals surface area contributed by atoms with E-state index in [-0.39, 0.29) is 23.5 Å². The molecule has 1 aliphatic heterocycles. The molecule has 0 aromatic rings. The molecule has 1 amide bonds. The largest absolute Gasteiger partial charge is 0.376 e. The number of nitrogens with zero attached hydrogens (tertiary/aromatic N) is 1. The molecule has 4 nitrogen and oxygen atoms in total. The van der Waals surface area contributed by atoms with Gasteiger partial charge in [0.05, 0.1) is 17.6 Å². The standard InChI is InChI=1S/C11H20N2O2/c1-8-9(3-6-15-8)13(2)10(14)11(7-12)4-5-11/h8-9H,3-7,12H2,1-2H3. The Balaban J connectivity index is 2.01. The highest BCUT2D eigenvalue weighted by Gasteiger charge is 2.51. The van der Waals surface area contributed by atoms with Crippen LogP contribution in [-0.4, -0.2) is 43.2 Å². The summed E-state index contributed by atoms with van der Waals surface area (Å²) in [6.45, 7) is 3.28. The number of hydrogen-bond acceptors (Lipinski definition) is 3. The zero-order chi connectivity index (χ0) is 11.1. The van der Waals surface area contributed by atoms with Gasteiger partial charge < -0.3 is 15.4 Å². The number of hydrogen-bond donors (Lipinski definition) is 1. The van der Waals surface area contributed by atoms with Gasteiger partial charge in [-0.15, -0.1) is 0 Å². The molecule has 0 aromatic carbocycles. The number of amides is 1. The summed E-state index contributed by atoms with van der Waals surface area (Å²) in [5.74, 6) is 0.215. The molecule has 2 rings (SSSR count). The summed E-state index contributed by atoms with van der Waals surface area (Å²) >= 11 is 0. The van der Waals surface area contributed by atoms with Crippen molar-refractivity contribution in [1.29, 1.82) is 0 Å². The van der Waals surface area contributed by atoms with Gasteiger partial charge in [0.15, 0.2) is 0 Å². The number of carbonyl (C=O) groups excluding carboxylic acids is 1. The van der Waals surface area contributed by atoms with Crippen molar-refractivity contribution in [3.63, 3.8) is 0 Å². The Bertz CT molecular complexity index is 263. The van der Waals surface area contributed by atoms with Gasteiger partial charge in [-0.25, -0.2) is 0 Å². The lowest BCUT2D eigenvalue weighted by atomic mass is 10.0. The second-order valence-corrected chi connectivity index (χ2v) is 4.83. The second-order valence-electron chi connectivity index (χ2n) is 4.83. The summed E-state index contributed by atoms with van der Waals surface area (Å²) in [7, 11) is 1.88. The van der Waals surface area contributed by atoms with E-state index in [0.717, 1.165) is 25.9 Å². The molecule has 0 bridgehead atoms. The van der Waals surface area contributed by atoms with Crippen molar-refractivity contribution >= 4 is 5.91 Å². The number of nitrogens with two attached hydrogens (primary N) is 1. The molecule has 2 N–H and O–H groups in total. The molecule has 86 valence electrons. The van der Waals surface area contributed by atoms with E-state index in [0.29, 0.717) is 6.54 Å². The van der Waals surface area contributed by atoms with Gasteiger partial charge in [0.2, 0.25) is 5.91 Å². The predicted octanol–water partition coefficient (Wildman–Crippen LogP) is 0.361. The van der Waals surface area contributed by atoms with E-state index in [2.05, 4.69) is 0 Å². The van der Waals surface area contributed by atoms with Gasteiger partial charge in [0.25, 0.3) is 0 Å². The molecule has 1 heterocycles. The zero-order valence-electron chi connectivity index (χ0n) is 9.53. The molecular formula is C11H20N2O2. The zero-order valence-corrected chi connectivity index (χ0v) is 9.53. The van der Waals surface area contributed by atoms with Crippen LogP contribution in [0.15, 0.2) is 0 Å². The SMILES string of the molecule is CC1OCCC1N(C)C(=O)C1(CN)CC1. The normalized spacial score (nSPS) is 32.7. The van der Waals surface area contributed by atoms with Gasteiger partial charge in [0, 0.05) is 20.2 Å². The van der Waals surface area contributed by atoms with Crippen LogP contribution in [0.4, 0.5) is 0 Å². The lowest BCUT2D eigenvalue weighted by Gasteiger charge is -2.30. The van der Waals surface area contributed by atoms with Gasteiger partial charge in [-0.05, 0) is 26.2 Å². The van der Waals surface area contributed by atoms with Crippen molar-refractivity contribution in [2.75, 3.05) is 20.2 Å². The monoisotopic (exact) mass is 212 g/mol. The third kappa shape index (κ3) is 1.76. The van der Waals surface area contributed by atoms with Crippen LogP contribution in [0.3, 0.4) is 0 Å². The Hall–Kier alpha value is -0.610. The van der Waals surface area contributed by atoms with E-state index >= 15 is 0 Å². The van der Waals surface area contributed by atoms with Crippen LogP contribution in [0.2, 0.25) is 0 Å². The molecule has 2 aliphatic rings. The Labute approximate surface area is 90.8 Å². The highest BCUT2D eigenvalue weighted by Crippen LogP contribution is 2.46. The van der Waals surface area contributed by atoms with Crippen molar-refractivity contribution in [1.82, 2.24) is 4.90 Å². The summed E-state index contributed by atoms with van der Waals surface area (Å²) in [4.78, 5) is 14.0. The lowest BCUT2D eigenvalue weighted by Crippen LogP contribution is -2.46. The molecular weight excluding hydrogens is 192 g/mol. The summed E-state index contributed by atoms with van der Waals surface area (Å²) in [6.07, 6.45) is 3.01. The van der Waals surface area contributed by atoms with E-state index in [1.807, 2.05) is 18.9 Å². The lowest BCUT2D eigenvalue weighted by molar-refractivity contribution is -0.138. The Morgan fingerprint density at radius 1 is 1.60 bits per heavy atom. The van der Waals surface area contributed by atoms with Gasteiger partial charge in [-0.2, -0.15) is 0 Å². The molecule has 1 saturated heterocycles. The maximum atomic E-state index is 12.2. The van der Waals surface area contributed by atoms with Crippen LogP contribution in [0, 0.1) is 5.41 Å². The minimum atomic E-state index is -0.225. The average Bonchev–Trinajstić information content (AvgIpc) is 2.93. The Morgan fingerprint density at radius 2 is 2.27 bits per heavy atom. The molecule has 2 atom stereocenters. The molecule has 4 heteroatoms. The molecule has 1 saturated carbocycles. The van der Waals surface area contributed by atoms with Crippen molar-refractivity contribution in [3.8, 4) is 0 Å². The van der Waals surface area contributed by atoms with E-state index in [1.165, 1.54) is 0 Å². The highest BCUT2D eigenvalue weighted by atomic mass is 16.5. The van der Waals surface area contributed by atoms with Crippen molar-refractivity contribution in [3.05, 3.63) is 0 Å². The number of carbonyl (C=O) groups is 1. The molecule has 1 aliphatic carbocycles. The molecule has 0 aromatic heterocycles. The first-order chi connectivity index (χ1) is 7.10. The molecule has 0 spiro atoms. The van der Waals surface area contributed by atoms with E-state index in [4.69, 9.17) is 10.5 Å². The van der Waals surface area contributed by atoms with Crippen LogP contribution < -0.4 is 5.73 Å². The van der Waals surface area contributed by atoms with Crippen LogP contribution in [0.5, 0.6) is 0 Å². The third-order valence-electron chi connectivity index (χ3n) is 3.85. The number of rotatable bonds is 3. The minimum absolute atomic E-state index is 0.160. The second kappa shape index (κ2) is 3.76. The van der Waals surface area contributed by atoms with Gasteiger partial charge in [-0.1, -0.05) is 0 Å². The summed E-state index contributed by atoms with van der Waals surface area (Å²) < 4.78 is 5.48. The highest BCUT2D eigenvalue weighted by molar-refractivity contribution is 5.85. The quantitative estimate of drug-likeness (QED) is 0.735. The smallest absolute Gasteiger partial charge is 0.230 e. The van der Waals surface area contributed by atoms with Crippen LogP contribution in [-0.2, 0) is 9.53 Å². The molecule has 15 heavy (non-hydrogen) atoms. The molecule has 2 fully saturated rings. The fourth-order valence-electron chi connectivity index (χ4n) is 2.41. The maximum Gasteiger partial charge on any atom is 0.230 e. The first-order valence-electron chi connectivity index (χ1n) is 5.70. The first kappa shape index (κ1) is 10.9. The van der Waals surface area contributed by atoms with E-state index in [9.17, 15) is 4.79 Å². The van der Waals surface area contributed by atoms with Gasteiger partial charge >= 0.3 is 0 Å². The molecule has 2 unspecified atom stereocenters. The summed E-state index contributed by atoms with van der Waals surface area (Å²) in [5, 5.41) is 0. The van der Waals surface area contributed by atoms with Crippen LogP contribution >= 0.6 is 0 Å². The summed E-state index contributed by atoms with van der Waals surface area (Å²) in [5.41, 5.74) is 5.44. The van der Waals surface area contributed by atoms with Crippen LogP contribution in [0.25, 0.3) is 0 Å². The van der Waals surface area contributed by atoms with Gasteiger partial charge in [-0.3, -0.25) is 4.79 Å². The predicted molar refractivity (Wildman–Crippen MR) is 57.3 cm³/mol. The fraction of sp³-hybridized carbons (Fsp3) is 0.909. The van der Waals surface area contributed by atoms with Gasteiger partial charge in [0.1, 0.15) is 0 Å². The topological polar surface area (TPSA) is 55.6 Å². The van der Waals surface area contributed by atoms with Crippen molar-refractivity contribution in [2.24, 2.45) is 11.1 Å². The van der Waals surface area contributed by atoms with Crippen molar-refractivity contribution < 1.29 is 9.53 Å². The molecule has 0 radical (unpaired) electrons. The average molecular weight is 212 g/mol. The number of ether oxygens (including phenoxy) is 1. The fourth-order valence-corrected chi connectivity index (χ4v) is 2.41. The maximum absolute atomic E-state index is 12.2. The van der Waals surface area contributed by atoms with Crippen LogP contribution in [0.1, 0.15) is 26.2 Å². The Morgan fingerprint density at radius 3 is 2.67 bits per heavy atom. The summed E-state index contributed by atoms with van der Waals surface area (Å²) in [6, 6.07) is 0.238. The first-order valence-corrected chi connectivity index (χ1v) is 5.70. The third-order valence-corrected chi connectivity index (χ3v) is 3.85. The van der Waals surface area contributed by atoms with E-state index in [1.54, 1.807) is 0 Å². The van der Waals surface area contributed by atoms with E-state index < -0.39 is 0 Å². The Kier molecular flexibility index (Phi) is 2.73. The minimum Gasteiger partial charge on any atom is -0.376 e. The number of likely N-dealkylation sites (N-methyl/N-ethyl adjacent to an activating group) is 1. The van der Waals surface area contributed by atoms with Crippen molar-refractivity contribution in [2.45, 2.75) is 38.3 Å².